The zero-order valence-corrected chi connectivity index (χ0v) is 12.9. The van der Waals surface area contributed by atoms with E-state index in [1.54, 1.807) is 7.11 Å². The number of aliphatic hydroxyl groups excluding tert-OH is 1. The van der Waals surface area contributed by atoms with Crippen LogP contribution in [0.4, 0.5) is 5.82 Å². The summed E-state index contributed by atoms with van der Waals surface area (Å²) in [6.07, 6.45) is 0. The van der Waals surface area contributed by atoms with Gasteiger partial charge in [0.15, 0.2) is 0 Å². The lowest BCUT2D eigenvalue weighted by molar-refractivity contribution is 0.205. The smallest absolute Gasteiger partial charge is 0.138 e. The maximum Gasteiger partial charge on any atom is 0.138 e. The lowest BCUT2D eigenvalue weighted by atomic mass is 10.2. The Morgan fingerprint density at radius 1 is 1.29 bits per heavy atom. The zero-order chi connectivity index (χ0) is 15.2. The van der Waals surface area contributed by atoms with Crippen LogP contribution in [0.1, 0.15) is 18.2 Å². The van der Waals surface area contributed by atoms with E-state index in [1.165, 1.54) is 0 Å². The summed E-state index contributed by atoms with van der Waals surface area (Å²) in [6.45, 7) is 6.23. The molecule has 1 aromatic carbocycles. The summed E-state index contributed by atoms with van der Waals surface area (Å²) in [5.74, 6) is 0.945. The van der Waals surface area contributed by atoms with E-state index in [2.05, 4.69) is 16.9 Å². The highest BCUT2D eigenvalue weighted by Gasteiger charge is 2.20. The Bertz CT molecular complexity index is 566. The van der Waals surface area contributed by atoms with E-state index >= 15 is 0 Å². The van der Waals surface area contributed by atoms with Gasteiger partial charge < -0.3 is 14.7 Å². The Labute approximate surface area is 125 Å². The highest BCUT2D eigenvalue weighted by Crippen LogP contribution is 2.27. The number of benzene rings is 1. The molecule has 21 heavy (non-hydrogen) atoms. The van der Waals surface area contributed by atoms with Crippen LogP contribution in [-0.4, -0.2) is 41.7 Å². The Morgan fingerprint density at radius 2 is 2.00 bits per heavy atom. The molecular weight excluding hydrogens is 266 g/mol. The van der Waals surface area contributed by atoms with Crippen molar-refractivity contribution in [1.29, 1.82) is 0 Å². The van der Waals surface area contributed by atoms with Crippen LogP contribution in [0.3, 0.4) is 0 Å². The monoisotopic (exact) mass is 289 g/mol. The molecule has 0 saturated heterocycles. The van der Waals surface area contributed by atoms with Gasteiger partial charge in [0.1, 0.15) is 5.82 Å². The van der Waals surface area contributed by atoms with Crippen LogP contribution < -0.4 is 4.90 Å². The van der Waals surface area contributed by atoms with Crippen molar-refractivity contribution in [3.8, 4) is 5.69 Å². The number of nitrogens with zero attached hydrogens (tertiary/aromatic N) is 3. The Kier molecular flexibility index (Phi) is 5.36. The maximum atomic E-state index is 9.72. The van der Waals surface area contributed by atoms with Gasteiger partial charge in [-0.05, 0) is 26.0 Å². The van der Waals surface area contributed by atoms with Crippen LogP contribution in [0.5, 0.6) is 0 Å². The molecule has 1 aromatic heterocycles. The fourth-order valence-corrected chi connectivity index (χ4v) is 2.42. The number of hydrogen-bond donors (Lipinski definition) is 1. The first-order chi connectivity index (χ1) is 10.2. The summed E-state index contributed by atoms with van der Waals surface area (Å²) in [6, 6.07) is 9.98. The number of likely N-dealkylation sites (N-methyl/N-ethyl adjacent to an activating group) is 1. The van der Waals surface area contributed by atoms with Crippen LogP contribution in [0.15, 0.2) is 30.3 Å². The quantitative estimate of drug-likeness (QED) is 0.848. The standard InChI is InChI=1S/C16H23N3O2/c1-4-18(10-11-21-3)16-15(12-20)13(2)17-19(16)14-8-6-5-7-9-14/h5-9,20H,4,10-12H2,1-3H3. The topological polar surface area (TPSA) is 50.5 Å². The fraction of sp³-hybridized carbons (Fsp3) is 0.438. The minimum atomic E-state index is -0.0164. The molecule has 0 aliphatic carbocycles. The Hall–Kier alpha value is -1.85. The summed E-state index contributed by atoms with van der Waals surface area (Å²) >= 11 is 0. The normalized spacial score (nSPS) is 10.9. The Morgan fingerprint density at radius 3 is 2.57 bits per heavy atom. The van der Waals surface area contributed by atoms with Gasteiger partial charge in [0, 0.05) is 25.8 Å². The molecule has 2 rings (SSSR count). The summed E-state index contributed by atoms with van der Waals surface area (Å²) in [5, 5.41) is 14.3. The molecule has 0 amide bonds. The molecule has 5 heteroatoms. The van der Waals surface area contributed by atoms with Gasteiger partial charge in [0.05, 0.1) is 24.6 Å². The molecule has 0 spiro atoms. The van der Waals surface area contributed by atoms with Gasteiger partial charge in [-0.1, -0.05) is 18.2 Å². The van der Waals surface area contributed by atoms with Gasteiger partial charge >= 0.3 is 0 Å². The molecule has 0 radical (unpaired) electrons. The fourth-order valence-electron chi connectivity index (χ4n) is 2.42. The molecule has 5 nitrogen and oxygen atoms in total. The van der Waals surface area contributed by atoms with Crippen molar-refractivity contribution in [2.75, 3.05) is 31.7 Å². The van der Waals surface area contributed by atoms with Crippen molar-refractivity contribution in [3.05, 3.63) is 41.6 Å². The molecule has 0 saturated carbocycles. The molecule has 2 aromatic rings. The average Bonchev–Trinajstić information content (AvgIpc) is 2.86. The van der Waals surface area contributed by atoms with Crippen molar-refractivity contribution in [3.63, 3.8) is 0 Å². The van der Waals surface area contributed by atoms with E-state index in [0.29, 0.717) is 6.61 Å². The minimum Gasteiger partial charge on any atom is -0.391 e. The number of rotatable bonds is 7. The molecule has 0 atom stereocenters. The average molecular weight is 289 g/mol. The minimum absolute atomic E-state index is 0.0164. The lowest BCUT2D eigenvalue weighted by Crippen LogP contribution is -2.29. The molecular formula is C16H23N3O2. The molecule has 0 aliphatic heterocycles. The molecule has 1 N–H and O–H groups in total. The lowest BCUT2D eigenvalue weighted by Gasteiger charge is -2.24. The van der Waals surface area contributed by atoms with Gasteiger partial charge in [0.25, 0.3) is 0 Å². The summed E-state index contributed by atoms with van der Waals surface area (Å²) in [4.78, 5) is 2.18. The molecule has 0 unspecified atom stereocenters. The number of aliphatic hydroxyl groups is 1. The number of aryl methyl sites for hydroxylation is 1. The Balaban J connectivity index is 2.50. The van der Waals surface area contributed by atoms with E-state index in [4.69, 9.17) is 4.74 Å². The number of para-hydroxylation sites is 1. The molecule has 0 bridgehead atoms. The van der Waals surface area contributed by atoms with Gasteiger partial charge in [-0.25, -0.2) is 4.68 Å². The zero-order valence-electron chi connectivity index (χ0n) is 12.9. The number of ether oxygens (including phenoxy) is 1. The first kappa shape index (κ1) is 15.5. The van der Waals surface area contributed by atoms with Crippen molar-refractivity contribution in [2.24, 2.45) is 0 Å². The number of methoxy groups -OCH3 is 1. The third kappa shape index (κ3) is 3.25. The van der Waals surface area contributed by atoms with Crippen LogP contribution >= 0.6 is 0 Å². The maximum absolute atomic E-state index is 9.72. The predicted octanol–water partition coefficient (Wildman–Crippen LogP) is 2.15. The van der Waals surface area contributed by atoms with Crippen LogP contribution in [-0.2, 0) is 11.3 Å². The molecule has 114 valence electrons. The van der Waals surface area contributed by atoms with E-state index in [1.807, 2.05) is 41.9 Å². The van der Waals surface area contributed by atoms with Crippen LogP contribution in [0, 0.1) is 6.92 Å². The second kappa shape index (κ2) is 7.24. The highest BCUT2D eigenvalue weighted by molar-refractivity contribution is 5.55. The first-order valence-electron chi connectivity index (χ1n) is 7.21. The van der Waals surface area contributed by atoms with Crippen molar-refractivity contribution in [2.45, 2.75) is 20.5 Å². The van der Waals surface area contributed by atoms with Crippen molar-refractivity contribution in [1.82, 2.24) is 9.78 Å². The third-order valence-electron chi connectivity index (χ3n) is 3.56. The summed E-state index contributed by atoms with van der Waals surface area (Å²) < 4.78 is 7.09. The molecule has 0 aliphatic rings. The number of hydrogen-bond acceptors (Lipinski definition) is 4. The van der Waals surface area contributed by atoms with E-state index < -0.39 is 0 Å². The van der Waals surface area contributed by atoms with Crippen LogP contribution in [0.25, 0.3) is 5.69 Å². The number of aromatic nitrogens is 2. The van der Waals surface area contributed by atoms with E-state index in [9.17, 15) is 5.11 Å². The van der Waals surface area contributed by atoms with Gasteiger partial charge in [-0.15, -0.1) is 0 Å². The second-order valence-electron chi connectivity index (χ2n) is 4.87. The molecule has 0 fully saturated rings. The van der Waals surface area contributed by atoms with Crippen LogP contribution in [0.2, 0.25) is 0 Å². The van der Waals surface area contributed by atoms with E-state index in [-0.39, 0.29) is 6.61 Å². The van der Waals surface area contributed by atoms with Gasteiger partial charge in [-0.3, -0.25) is 0 Å². The summed E-state index contributed by atoms with van der Waals surface area (Å²) in [7, 11) is 1.69. The largest absolute Gasteiger partial charge is 0.391 e. The number of anilines is 1. The second-order valence-corrected chi connectivity index (χ2v) is 4.87. The van der Waals surface area contributed by atoms with Crippen molar-refractivity contribution >= 4 is 5.82 Å². The molecule has 1 heterocycles. The van der Waals surface area contributed by atoms with Gasteiger partial charge in [0.2, 0.25) is 0 Å². The van der Waals surface area contributed by atoms with Gasteiger partial charge in [-0.2, -0.15) is 5.10 Å². The predicted molar refractivity (Wildman–Crippen MR) is 84.0 cm³/mol. The third-order valence-corrected chi connectivity index (χ3v) is 3.56. The van der Waals surface area contributed by atoms with Crippen molar-refractivity contribution < 1.29 is 9.84 Å². The van der Waals surface area contributed by atoms with E-state index in [0.717, 1.165) is 35.9 Å². The SMILES string of the molecule is CCN(CCOC)c1c(CO)c(C)nn1-c1ccccc1. The first-order valence-corrected chi connectivity index (χ1v) is 7.21. The highest BCUT2D eigenvalue weighted by atomic mass is 16.5. The summed E-state index contributed by atoms with van der Waals surface area (Å²) in [5.41, 5.74) is 2.72.